The second-order valence-corrected chi connectivity index (χ2v) is 10.4. The van der Waals surface area contributed by atoms with Gasteiger partial charge in [-0.25, -0.2) is 0 Å². The van der Waals surface area contributed by atoms with Gasteiger partial charge in [0, 0.05) is 6.07 Å². The third-order valence-electron chi connectivity index (χ3n) is 6.30. The molecule has 0 unspecified atom stereocenters. The predicted octanol–water partition coefficient (Wildman–Crippen LogP) is 6.26. The smallest absolute Gasteiger partial charge is 0.270 e. The second kappa shape index (κ2) is 12.1. The van der Waals surface area contributed by atoms with Crippen molar-refractivity contribution in [1.29, 1.82) is 0 Å². The lowest BCUT2D eigenvalue weighted by atomic mass is 10.1. The molecule has 7 nitrogen and oxygen atoms in total. The summed E-state index contributed by atoms with van der Waals surface area (Å²) in [6, 6.07) is 24.8. The molecule has 4 aromatic carbocycles. The van der Waals surface area contributed by atoms with Gasteiger partial charge in [0.2, 0.25) is 0 Å². The minimum atomic E-state index is -0.572. The van der Waals surface area contributed by atoms with Gasteiger partial charge in [-0.15, -0.1) is 0 Å². The van der Waals surface area contributed by atoms with Gasteiger partial charge < -0.3 is 14.2 Å². The normalized spacial score (nSPS) is 14.4. The van der Waals surface area contributed by atoms with Crippen molar-refractivity contribution < 1.29 is 23.8 Å². The van der Waals surface area contributed by atoms with E-state index in [1.807, 2.05) is 37.3 Å². The lowest BCUT2D eigenvalue weighted by Crippen LogP contribution is -2.54. The van der Waals surface area contributed by atoms with Gasteiger partial charge in [-0.05, 0) is 94.0 Å². The highest BCUT2D eigenvalue weighted by atomic mass is 127. The summed E-state index contributed by atoms with van der Waals surface area (Å²) >= 11 is 7.50. The minimum absolute atomic E-state index is 0.00476. The number of halogens is 1. The molecular formula is C31H25IN2O5S. The van der Waals surface area contributed by atoms with E-state index in [4.69, 9.17) is 26.4 Å². The number of rotatable bonds is 8. The Labute approximate surface area is 250 Å². The molecule has 1 aliphatic heterocycles. The number of methoxy groups -OCH3 is 1. The van der Waals surface area contributed by atoms with Crippen molar-refractivity contribution in [3.63, 3.8) is 0 Å². The molecule has 40 heavy (non-hydrogen) atoms. The first kappa shape index (κ1) is 27.6. The molecular weight excluding hydrogens is 639 g/mol. The summed E-state index contributed by atoms with van der Waals surface area (Å²) in [5.41, 5.74) is 2.10. The number of nitrogens with zero attached hydrogens (tertiary/aromatic N) is 1. The minimum Gasteiger partial charge on any atom is -0.494 e. The Hall–Kier alpha value is -3.96. The molecule has 1 N–H and O–H groups in total. The first-order valence-electron chi connectivity index (χ1n) is 12.5. The first-order chi connectivity index (χ1) is 19.4. The number of carbonyl (C=O) groups excluding carboxylic acids is 2. The molecule has 0 radical (unpaired) electrons. The van der Waals surface area contributed by atoms with Crippen molar-refractivity contribution in [2.45, 2.75) is 13.5 Å². The van der Waals surface area contributed by atoms with Crippen LogP contribution in [-0.2, 0) is 16.2 Å². The number of carbonyl (C=O) groups is 2. The van der Waals surface area contributed by atoms with Crippen LogP contribution < -0.4 is 24.4 Å². The predicted molar refractivity (Wildman–Crippen MR) is 168 cm³/mol. The topological polar surface area (TPSA) is 77.1 Å². The van der Waals surface area contributed by atoms with E-state index in [0.717, 1.165) is 19.9 Å². The van der Waals surface area contributed by atoms with Crippen LogP contribution in [0, 0.1) is 3.57 Å². The van der Waals surface area contributed by atoms with Gasteiger partial charge >= 0.3 is 0 Å². The Morgan fingerprint density at radius 1 is 0.975 bits per heavy atom. The standard InChI is InChI=1S/C31H25IN2O5S/c1-3-38-23-12-7-11-22(17-23)34-30(36)25(29(35)33-31(34)40)14-19-15-26(32)28(27(16-19)37-2)39-18-21-10-6-9-20-8-4-5-13-24(20)21/h4-17H,3,18H2,1-2H3,(H,33,35,40)/b25-14+. The Bertz CT molecular complexity index is 1660. The fourth-order valence-electron chi connectivity index (χ4n) is 4.47. The Balaban J connectivity index is 1.44. The molecule has 1 fully saturated rings. The molecule has 0 saturated carbocycles. The van der Waals surface area contributed by atoms with Crippen LogP contribution in [0.5, 0.6) is 17.2 Å². The summed E-state index contributed by atoms with van der Waals surface area (Å²) in [4.78, 5) is 27.6. The molecule has 0 atom stereocenters. The Morgan fingerprint density at radius 2 is 1.75 bits per heavy atom. The van der Waals surface area contributed by atoms with Crippen LogP contribution in [0.4, 0.5) is 5.69 Å². The molecule has 1 saturated heterocycles. The van der Waals surface area contributed by atoms with Gasteiger partial charge in [0.1, 0.15) is 17.9 Å². The van der Waals surface area contributed by atoms with E-state index in [9.17, 15) is 9.59 Å². The van der Waals surface area contributed by atoms with Gasteiger partial charge in [0.15, 0.2) is 16.6 Å². The first-order valence-corrected chi connectivity index (χ1v) is 14.0. The lowest BCUT2D eigenvalue weighted by Gasteiger charge is -2.29. The molecule has 0 bridgehead atoms. The van der Waals surface area contributed by atoms with E-state index in [2.05, 4.69) is 46.1 Å². The highest BCUT2D eigenvalue weighted by Gasteiger charge is 2.34. The molecule has 0 aliphatic carbocycles. The summed E-state index contributed by atoms with van der Waals surface area (Å²) in [5.74, 6) is 0.550. The average molecular weight is 665 g/mol. The fraction of sp³-hybridized carbons (Fsp3) is 0.129. The van der Waals surface area contributed by atoms with E-state index in [1.54, 1.807) is 37.4 Å². The summed E-state index contributed by atoms with van der Waals surface area (Å²) in [7, 11) is 1.55. The van der Waals surface area contributed by atoms with E-state index in [-0.39, 0.29) is 10.7 Å². The molecule has 0 aromatic heterocycles. The molecule has 1 heterocycles. The van der Waals surface area contributed by atoms with E-state index in [1.165, 1.54) is 11.0 Å². The number of hydrogen-bond acceptors (Lipinski definition) is 6. The highest BCUT2D eigenvalue weighted by Crippen LogP contribution is 2.36. The molecule has 202 valence electrons. The van der Waals surface area contributed by atoms with Crippen LogP contribution in [0.25, 0.3) is 16.8 Å². The summed E-state index contributed by atoms with van der Waals surface area (Å²) in [5, 5.41) is 4.88. The van der Waals surface area contributed by atoms with Gasteiger partial charge in [-0.3, -0.25) is 19.8 Å². The van der Waals surface area contributed by atoms with Crippen molar-refractivity contribution >= 4 is 74.3 Å². The maximum absolute atomic E-state index is 13.5. The van der Waals surface area contributed by atoms with E-state index >= 15 is 0 Å². The van der Waals surface area contributed by atoms with Gasteiger partial charge in [-0.2, -0.15) is 0 Å². The van der Waals surface area contributed by atoms with Crippen LogP contribution >= 0.6 is 34.8 Å². The van der Waals surface area contributed by atoms with Crippen LogP contribution in [0.15, 0.2) is 84.4 Å². The third-order valence-corrected chi connectivity index (χ3v) is 7.39. The monoisotopic (exact) mass is 664 g/mol. The number of thiocarbonyl (C=S) groups is 1. The zero-order valence-electron chi connectivity index (χ0n) is 21.8. The van der Waals surface area contributed by atoms with Crippen molar-refractivity contribution in [3.05, 3.63) is 99.1 Å². The molecule has 0 spiro atoms. The van der Waals surface area contributed by atoms with Crippen molar-refractivity contribution in [2.24, 2.45) is 0 Å². The zero-order valence-corrected chi connectivity index (χ0v) is 24.7. The van der Waals surface area contributed by atoms with E-state index in [0.29, 0.717) is 41.7 Å². The average Bonchev–Trinajstić information content (AvgIpc) is 2.95. The highest BCUT2D eigenvalue weighted by molar-refractivity contribution is 14.1. The number of ether oxygens (including phenoxy) is 3. The molecule has 2 amide bonds. The third kappa shape index (κ3) is 5.66. The van der Waals surface area contributed by atoms with E-state index < -0.39 is 11.8 Å². The summed E-state index contributed by atoms with van der Waals surface area (Å²) < 4.78 is 18.2. The van der Waals surface area contributed by atoms with Crippen molar-refractivity contribution in [1.82, 2.24) is 5.32 Å². The number of anilines is 1. The molecule has 1 aliphatic rings. The SMILES string of the molecule is CCOc1cccc(N2C(=O)/C(=C/c3cc(I)c(OCc4cccc5ccccc45)c(OC)c3)C(=O)NC2=S)c1. The lowest BCUT2D eigenvalue weighted by molar-refractivity contribution is -0.122. The Kier molecular flexibility index (Phi) is 8.32. The molecule has 5 rings (SSSR count). The number of fused-ring (bicyclic) bond motifs is 1. The number of nitrogens with one attached hydrogen (secondary N) is 1. The van der Waals surface area contributed by atoms with Gasteiger partial charge in [-0.1, -0.05) is 48.5 Å². The van der Waals surface area contributed by atoms with Crippen molar-refractivity contribution in [3.8, 4) is 17.2 Å². The molecule has 9 heteroatoms. The van der Waals surface area contributed by atoms with Crippen LogP contribution in [0.1, 0.15) is 18.1 Å². The largest absolute Gasteiger partial charge is 0.494 e. The van der Waals surface area contributed by atoms with Crippen LogP contribution in [0.2, 0.25) is 0 Å². The maximum atomic E-state index is 13.5. The zero-order chi connectivity index (χ0) is 28.2. The fourth-order valence-corrected chi connectivity index (χ4v) is 5.53. The summed E-state index contributed by atoms with van der Waals surface area (Å²) in [6.45, 7) is 2.70. The van der Waals surface area contributed by atoms with Crippen LogP contribution in [0.3, 0.4) is 0 Å². The quantitative estimate of drug-likeness (QED) is 0.104. The number of hydrogen-bond donors (Lipinski definition) is 1. The summed E-state index contributed by atoms with van der Waals surface area (Å²) in [6.07, 6.45) is 1.53. The van der Waals surface area contributed by atoms with Crippen LogP contribution in [-0.4, -0.2) is 30.6 Å². The molecule has 4 aromatic rings. The number of benzene rings is 4. The van der Waals surface area contributed by atoms with Gasteiger partial charge in [0.05, 0.1) is 23.0 Å². The second-order valence-electron chi connectivity index (χ2n) is 8.85. The Morgan fingerprint density at radius 3 is 2.55 bits per heavy atom. The van der Waals surface area contributed by atoms with Crippen molar-refractivity contribution in [2.75, 3.05) is 18.6 Å². The van der Waals surface area contributed by atoms with Gasteiger partial charge in [0.25, 0.3) is 11.8 Å². The maximum Gasteiger partial charge on any atom is 0.270 e. The number of amides is 2.